The first-order valence-corrected chi connectivity index (χ1v) is 13.4. The molecule has 0 heterocycles. The lowest BCUT2D eigenvalue weighted by molar-refractivity contribution is -0.136. The van der Waals surface area contributed by atoms with E-state index in [9.17, 15) is 18.0 Å². The maximum absolute atomic E-state index is 13.2. The van der Waals surface area contributed by atoms with E-state index in [-0.39, 0.29) is 34.2 Å². The molecule has 196 valence electrons. The molecule has 0 aromatic heterocycles. The van der Waals surface area contributed by atoms with E-state index in [0.29, 0.717) is 30.2 Å². The molecule has 0 aliphatic carbocycles. The highest BCUT2D eigenvalue weighted by Crippen LogP contribution is 2.33. The van der Waals surface area contributed by atoms with Crippen molar-refractivity contribution in [2.45, 2.75) is 38.0 Å². The molecule has 0 saturated heterocycles. The van der Waals surface area contributed by atoms with Crippen LogP contribution in [0, 0.1) is 0 Å². The minimum atomic E-state index is -4.04. The number of rotatable bonds is 13. The Morgan fingerprint density at radius 2 is 1.70 bits per heavy atom. The number of carboxylic acid groups (broad SMARTS) is 1. The van der Waals surface area contributed by atoms with Crippen molar-refractivity contribution in [1.82, 2.24) is 5.32 Å². The van der Waals surface area contributed by atoms with Crippen LogP contribution in [0.3, 0.4) is 0 Å². The predicted molar refractivity (Wildman–Crippen MR) is 140 cm³/mol. The average molecular weight is 527 g/mol. The number of anilines is 1. The van der Waals surface area contributed by atoms with Crippen LogP contribution in [0.15, 0.2) is 71.6 Å². The summed E-state index contributed by atoms with van der Waals surface area (Å²) in [7, 11) is -4.04. The number of nitrogens with one attached hydrogen (secondary N) is 2. The first-order chi connectivity index (χ1) is 17.7. The molecule has 0 bridgehead atoms. The molecule has 0 aliphatic rings. The lowest BCUT2D eigenvalue weighted by Crippen LogP contribution is -2.23. The van der Waals surface area contributed by atoms with Crippen LogP contribution in [-0.4, -0.2) is 38.6 Å². The van der Waals surface area contributed by atoms with E-state index < -0.39 is 16.0 Å². The van der Waals surface area contributed by atoms with Gasteiger partial charge >= 0.3 is 5.97 Å². The first kappa shape index (κ1) is 27.5. The molecule has 3 aromatic carbocycles. The highest BCUT2D eigenvalue weighted by Gasteiger charge is 2.19. The Balaban J connectivity index is 1.91. The van der Waals surface area contributed by atoms with Crippen molar-refractivity contribution in [3.05, 3.63) is 77.9 Å². The standard InChI is InChI=1S/C27H30N2O7S/c1-3-5-15-35-21-10-12-23(13-11-21)37(33,34)29-24-18-20(27(32)28-4-2)9-14-25(24)36-22-8-6-7-19(16-22)17-26(30)31/h6-14,16,18,29H,3-5,15,17H2,1-2H3,(H,28,32)(H,30,31). The van der Waals surface area contributed by atoms with E-state index in [1.165, 1.54) is 30.3 Å². The maximum atomic E-state index is 13.2. The summed E-state index contributed by atoms with van der Waals surface area (Å²) in [5, 5.41) is 11.7. The summed E-state index contributed by atoms with van der Waals surface area (Å²) in [6.07, 6.45) is 1.69. The van der Waals surface area contributed by atoms with E-state index in [2.05, 4.69) is 17.0 Å². The number of carbonyl (C=O) groups is 2. The fraction of sp³-hybridized carbons (Fsp3) is 0.259. The minimum Gasteiger partial charge on any atom is -0.494 e. The van der Waals surface area contributed by atoms with Crippen LogP contribution >= 0.6 is 0 Å². The second-order valence-electron chi connectivity index (χ2n) is 8.17. The molecule has 0 saturated carbocycles. The number of carboxylic acids is 1. The summed E-state index contributed by atoms with van der Waals surface area (Å²) < 4.78 is 40.4. The number of amides is 1. The molecule has 0 fully saturated rings. The molecular weight excluding hydrogens is 496 g/mol. The zero-order valence-electron chi connectivity index (χ0n) is 20.7. The van der Waals surface area contributed by atoms with Gasteiger partial charge in [-0.05, 0) is 73.5 Å². The molecule has 3 rings (SSSR count). The Morgan fingerprint density at radius 3 is 2.38 bits per heavy atom. The average Bonchev–Trinajstić information content (AvgIpc) is 2.85. The van der Waals surface area contributed by atoms with Crippen LogP contribution in [0.2, 0.25) is 0 Å². The van der Waals surface area contributed by atoms with Crippen molar-refractivity contribution in [1.29, 1.82) is 0 Å². The van der Waals surface area contributed by atoms with Gasteiger partial charge in [-0.15, -0.1) is 0 Å². The third-order valence-corrected chi connectivity index (χ3v) is 6.59. The van der Waals surface area contributed by atoms with Gasteiger partial charge in [0.15, 0.2) is 5.75 Å². The van der Waals surface area contributed by atoms with Crippen LogP contribution in [-0.2, 0) is 21.2 Å². The molecule has 3 N–H and O–H groups in total. The first-order valence-electron chi connectivity index (χ1n) is 11.9. The summed E-state index contributed by atoms with van der Waals surface area (Å²) in [4.78, 5) is 23.5. The number of carbonyl (C=O) groups excluding carboxylic acids is 1. The van der Waals surface area contributed by atoms with Gasteiger partial charge in [-0.3, -0.25) is 14.3 Å². The molecule has 0 unspecified atom stereocenters. The van der Waals surface area contributed by atoms with Crippen molar-refractivity contribution < 1.29 is 32.6 Å². The lowest BCUT2D eigenvalue weighted by Gasteiger charge is -2.16. The number of sulfonamides is 1. The smallest absolute Gasteiger partial charge is 0.307 e. The molecule has 10 heteroatoms. The normalized spacial score (nSPS) is 11.0. The lowest BCUT2D eigenvalue weighted by atomic mass is 10.1. The number of ether oxygens (including phenoxy) is 2. The number of unbranched alkanes of at least 4 members (excludes halogenated alkanes) is 1. The van der Waals surface area contributed by atoms with Crippen molar-refractivity contribution in [3.8, 4) is 17.2 Å². The van der Waals surface area contributed by atoms with E-state index in [4.69, 9.17) is 14.6 Å². The molecule has 0 radical (unpaired) electrons. The highest BCUT2D eigenvalue weighted by atomic mass is 32.2. The van der Waals surface area contributed by atoms with Gasteiger partial charge in [0.25, 0.3) is 15.9 Å². The van der Waals surface area contributed by atoms with E-state index in [1.807, 2.05) is 0 Å². The molecule has 1 amide bonds. The highest BCUT2D eigenvalue weighted by molar-refractivity contribution is 7.92. The molecule has 0 aliphatic heterocycles. The molecule has 0 spiro atoms. The third-order valence-electron chi connectivity index (χ3n) is 5.21. The van der Waals surface area contributed by atoms with Gasteiger partial charge in [0, 0.05) is 12.1 Å². The topological polar surface area (TPSA) is 131 Å². The zero-order chi connectivity index (χ0) is 26.8. The number of hydrogen-bond donors (Lipinski definition) is 3. The fourth-order valence-electron chi connectivity index (χ4n) is 3.38. The monoisotopic (exact) mass is 526 g/mol. The van der Waals surface area contributed by atoms with Gasteiger partial charge in [-0.25, -0.2) is 8.42 Å². The summed E-state index contributed by atoms with van der Waals surface area (Å²) in [5.74, 6) is -0.330. The Morgan fingerprint density at radius 1 is 0.946 bits per heavy atom. The van der Waals surface area contributed by atoms with Crippen LogP contribution in [0.4, 0.5) is 5.69 Å². The molecular formula is C27H30N2O7S. The number of benzene rings is 3. The molecule has 3 aromatic rings. The van der Waals surface area contributed by atoms with Crippen molar-refractivity contribution in [2.24, 2.45) is 0 Å². The van der Waals surface area contributed by atoms with E-state index >= 15 is 0 Å². The SMILES string of the molecule is CCCCOc1ccc(S(=O)(=O)Nc2cc(C(=O)NCC)ccc2Oc2cccc(CC(=O)O)c2)cc1. The number of aliphatic carboxylic acids is 1. The Bertz CT molecular complexity index is 1340. The number of hydrogen-bond acceptors (Lipinski definition) is 6. The quantitative estimate of drug-likeness (QED) is 0.272. The summed E-state index contributed by atoms with van der Waals surface area (Å²) in [6.45, 7) is 4.78. The fourth-order valence-corrected chi connectivity index (χ4v) is 4.44. The van der Waals surface area contributed by atoms with Gasteiger partial charge < -0.3 is 19.9 Å². The largest absolute Gasteiger partial charge is 0.494 e. The van der Waals surface area contributed by atoms with Gasteiger partial charge in [0.05, 0.1) is 23.6 Å². The summed E-state index contributed by atoms with van der Waals surface area (Å²) in [5.41, 5.74) is 0.814. The molecule has 37 heavy (non-hydrogen) atoms. The zero-order valence-corrected chi connectivity index (χ0v) is 21.5. The molecule has 9 nitrogen and oxygen atoms in total. The van der Waals surface area contributed by atoms with Crippen LogP contribution in [0.25, 0.3) is 0 Å². The van der Waals surface area contributed by atoms with E-state index in [0.717, 1.165) is 12.8 Å². The summed E-state index contributed by atoms with van der Waals surface area (Å²) in [6, 6.07) is 16.9. The second-order valence-corrected chi connectivity index (χ2v) is 9.85. The van der Waals surface area contributed by atoms with Gasteiger partial charge in [-0.1, -0.05) is 25.5 Å². The Hall–Kier alpha value is -4.05. The second kappa shape index (κ2) is 12.8. The maximum Gasteiger partial charge on any atom is 0.307 e. The van der Waals surface area contributed by atoms with Crippen LogP contribution < -0.4 is 19.5 Å². The Labute approximate surface area is 216 Å². The third kappa shape index (κ3) is 7.97. The minimum absolute atomic E-state index is 0.00756. The van der Waals surface area contributed by atoms with Gasteiger partial charge in [0.2, 0.25) is 0 Å². The molecule has 0 atom stereocenters. The van der Waals surface area contributed by atoms with Crippen LogP contribution in [0.1, 0.15) is 42.6 Å². The summed E-state index contributed by atoms with van der Waals surface area (Å²) >= 11 is 0. The van der Waals surface area contributed by atoms with Crippen molar-refractivity contribution in [2.75, 3.05) is 17.9 Å². The van der Waals surface area contributed by atoms with Crippen molar-refractivity contribution in [3.63, 3.8) is 0 Å². The predicted octanol–water partition coefficient (Wildman–Crippen LogP) is 4.84. The van der Waals surface area contributed by atoms with E-state index in [1.54, 1.807) is 43.3 Å². The van der Waals surface area contributed by atoms with Gasteiger partial charge in [-0.2, -0.15) is 0 Å². The Kier molecular flexibility index (Phi) is 9.51. The van der Waals surface area contributed by atoms with Gasteiger partial charge in [0.1, 0.15) is 11.5 Å². The van der Waals surface area contributed by atoms with Crippen molar-refractivity contribution >= 4 is 27.6 Å². The van der Waals surface area contributed by atoms with Crippen LogP contribution in [0.5, 0.6) is 17.2 Å².